The maximum absolute atomic E-state index is 12.4. The quantitative estimate of drug-likeness (QED) is 0.717. The van der Waals surface area contributed by atoms with Gasteiger partial charge in [-0.1, -0.05) is 15.9 Å². The zero-order chi connectivity index (χ0) is 11.6. The predicted octanol–water partition coefficient (Wildman–Crippen LogP) is 1.18. The number of alkyl halides is 1. The van der Waals surface area contributed by atoms with Gasteiger partial charge in [-0.15, -0.1) is 0 Å². The molecule has 0 N–H and O–H groups in total. The van der Waals surface area contributed by atoms with E-state index in [2.05, 4.69) is 15.9 Å². The number of ether oxygens (including phenoxy) is 2. The van der Waals surface area contributed by atoms with E-state index in [-0.39, 0.29) is 11.9 Å². The average Bonchev–Trinajstić information content (AvgIpc) is 2.76. The number of hydrogen-bond acceptors (Lipinski definition) is 3. The minimum atomic E-state index is -0.599. The van der Waals surface area contributed by atoms with Gasteiger partial charge in [0.15, 0.2) is 0 Å². The van der Waals surface area contributed by atoms with E-state index < -0.39 is 5.60 Å². The molecule has 2 saturated heterocycles. The Hall–Kier alpha value is -0.130. The van der Waals surface area contributed by atoms with Crippen molar-refractivity contribution < 1.29 is 14.3 Å². The van der Waals surface area contributed by atoms with Crippen molar-refractivity contribution in [2.24, 2.45) is 0 Å². The molecule has 2 rings (SSSR count). The highest BCUT2D eigenvalue weighted by Crippen LogP contribution is 2.28. The molecule has 2 aliphatic heterocycles. The molecule has 0 aliphatic carbocycles. The standard InChI is InChI=1S/C11H18BrNO3/c1-11(3-2-5-16-11)10(14)13-4-6-15-8-9(13)7-12/h9H,2-8H2,1H3. The summed E-state index contributed by atoms with van der Waals surface area (Å²) < 4.78 is 11.0. The van der Waals surface area contributed by atoms with Crippen LogP contribution in [-0.4, -0.2) is 54.1 Å². The molecule has 16 heavy (non-hydrogen) atoms. The largest absolute Gasteiger partial charge is 0.377 e. The first-order valence-electron chi connectivity index (χ1n) is 5.76. The van der Waals surface area contributed by atoms with Gasteiger partial charge in [0, 0.05) is 18.5 Å². The zero-order valence-corrected chi connectivity index (χ0v) is 11.2. The Bertz CT molecular complexity index is 266. The Balaban J connectivity index is 2.07. The second-order valence-electron chi connectivity index (χ2n) is 4.56. The molecule has 2 aliphatic rings. The number of rotatable bonds is 2. The van der Waals surface area contributed by atoms with Crippen LogP contribution in [0.4, 0.5) is 0 Å². The maximum atomic E-state index is 12.4. The van der Waals surface area contributed by atoms with Gasteiger partial charge < -0.3 is 14.4 Å². The molecule has 4 nitrogen and oxygen atoms in total. The Kier molecular flexibility index (Phi) is 3.87. The lowest BCUT2D eigenvalue weighted by Crippen LogP contribution is -2.56. The highest BCUT2D eigenvalue weighted by molar-refractivity contribution is 9.09. The number of morpholine rings is 1. The van der Waals surface area contributed by atoms with E-state index in [1.807, 2.05) is 11.8 Å². The van der Waals surface area contributed by atoms with Crippen molar-refractivity contribution in [1.29, 1.82) is 0 Å². The van der Waals surface area contributed by atoms with E-state index in [0.29, 0.717) is 26.4 Å². The second-order valence-corrected chi connectivity index (χ2v) is 5.21. The van der Waals surface area contributed by atoms with Crippen LogP contribution in [0.15, 0.2) is 0 Å². The van der Waals surface area contributed by atoms with Gasteiger partial charge in [-0.25, -0.2) is 0 Å². The van der Waals surface area contributed by atoms with E-state index in [1.165, 1.54) is 0 Å². The molecule has 0 aromatic heterocycles. The first-order chi connectivity index (χ1) is 7.67. The minimum absolute atomic E-state index is 0.123. The Morgan fingerprint density at radius 1 is 1.56 bits per heavy atom. The summed E-state index contributed by atoms with van der Waals surface area (Å²) in [6.07, 6.45) is 1.81. The lowest BCUT2D eigenvalue weighted by Gasteiger charge is -2.38. The molecule has 0 bridgehead atoms. The maximum Gasteiger partial charge on any atom is 0.254 e. The molecule has 92 valence electrons. The molecule has 2 heterocycles. The average molecular weight is 292 g/mol. The van der Waals surface area contributed by atoms with Crippen molar-refractivity contribution in [2.45, 2.75) is 31.4 Å². The van der Waals surface area contributed by atoms with Crippen LogP contribution in [0.25, 0.3) is 0 Å². The Morgan fingerprint density at radius 2 is 2.38 bits per heavy atom. The number of carbonyl (C=O) groups is 1. The number of carbonyl (C=O) groups excluding carboxylic acids is 1. The van der Waals surface area contributed by atoms with E-state index in [4.69, 9.17) is 9.47 Å². The van der Waals surface area contributed by atoms with Crippen LogP contribution in [0.5, 0.6) is 0 Å². The second kappa shape index (κ2) is 5.02. The zero-order valence-electron chi connectivity index (χ0n) is 9.58. The van der Waals surface area contributed by atoms with Crippen LogP contribution in [0.1, 0.15) is 19.8 Å². The van der Waals surface area contributed by atoms with Gasteiger partial charge in [0.2, 0.25) is 0 Å². The molecule has 2 atom stereocenters. The van der Waals surface area contributed by atoms with Crippen molar-refractivity contribution in [1.82, 2.24) is 4.90 Å². The van der Waals surface area contributed by atoms with Crippen molar-refractivity contribution in [2.75, 3.05) is 31.7 Å². The highest BCUT2D eigenvalue weighted by Gasteiger charge is 2.43. The van der Waals surface area contributed by atoms with E-state index in [0.717, 1.165) is 18.2 Å². The Morgan fingerprint density at radius 3 is 3.00 bits per heavy atom. The summed E-state index contributed by atoms with van der Waals surface area (Å²) in [6, 6.07) is 0.141. The Labute approximate surface area is 104 Å². The molecule has 0 spiro atoms. The summed E-state index contributed by atoms with van der Waals surface area (Å²) in [6.45, 7) is 4.53. The topological polar surface area (TPSA) is 38.8 Å². The van der Waals surface area contributed by atoms with Gasteiger partial charge in [0.1, 0.15) is 5.60 Å². The third-order valence-electron chi connectivity index (χ3n) is 3.34. The predicted molar refractivity (Wildman–Crippen MR) is 63.7 cm³/mol. The van der Waals surface area contributed by atoms with E-state index in [1.54, 1.807) is 0 Å². The lowest BCUT2D eigenvalue weighted by atomic mass is 10.00. The van der Waals surface area contributed by atoms with Crippen LogP contribution in [0.3, 0.4) is 0 Å². The summed E-state index contributed by atoms with van der Waals surface area (Å²) >= 11 is 3.43. The van der Waals surface area contributed by atoms with Crippen LogP contribution in [-0.2, 0) is 14.3 Å². The normalized spacial score (nSPS) is 35.4. The first-order valence-corrected chi connectivity index (χ1v) is 6.88. The molecular weight excluding hydrogens is 274 g/mol. The van der Waals surface area contributed by atoms with Gasteiger partial charge >= 0.3 is 0 Å². The van der Waals surface area contributed by atoms with Crippen LogP contribution >= 0.6 is 15.9 Å². The summed E-state index contributed by atoms with van der Waals surface area (Å²) in [4.78, 5) is 14.3. The van der Waals surface area contributed by atoms with Crippen molar-refractivity contribution >= 4 is 21.8 Å². The fourth-order valence-electron chi connectivity index (χ4n) is 2.30. The minimum Gasteiger partial charge on any atom is -0.377 e. The third-order valence-corrected chi connectivity index (χ3v) is 4.09. The van der Waals surface area contributed by atoms with Crippen LogP contribution in [0.2, 0.25) is 0 Å². The molecular formula is C11H18BrNO3. The summed E-state index contributed by atoms with van der Waals surface area (Å²) in [5, 5.41) is 0.759. The molecule has 0 aromatic rings. The van der Waals surface area contributed by atoms with Crippen molar-refractivity contribution in [3.8, 4) is 0 Å². The number of amides is 1. The molecule has 0 saturated carbocycles. The molecule has 1 amide bonds. The smallest absolute Gasteiger partial charge is 0.254 e. The first kappa shape index (κ1) is 12.3. The fraction of sp³-hybridized carbons (Fsp3) is 0.909. The van der Waals surface area contributed by atoms with Crippen molar-refractivity contribution in [3.05, 3.63) is 0 Å². The molecule has 0 aromatic carbocycles. The van der Waals surface area contributed by atoms with Crippen molar-refractivity contribution in [3.63, 3.8) is 0 Å². The SMILES string of the molecule is CC1(C(=O)N2CCOCC2CBr)CCCO1. The van der Waals surface area contributed by atoms with Gasteiger partial charge in [0.05, 0.1) is 19.3 Å². The number of hydrogen-bond donors (Lipinski definition) is 0. The summed E-state index contributed by atoms with van der Waals surface area (Å²) in [5.74, 6) is 0.123. The fourth-order valence-corrected chi connectivity index (χ4v) is 2.84. The highest BCUT2D eigenvalue weighted by atomic mass is 79.9. The van der Waals surface area contributed by atoms with E-state index >= 15 is 0 Å². The molecule has 0 radical (unpaired) electrons. The summed E-state index contributed by atoms with van der Waals surface area (Å²) in [7, 11) is 0. The molecule has 2 unspecified atom stereocenters. The van der Waals surface area contributed by atoms with Gasteiger partial charge in [0.25, 0.3) is 5.91 Å². The van der Waals surface area contributed by atoms with Crippen LogP contribution in [0, 0.1) is 0 Å². The van der Waals surface area contributed by atoms with E-state index in [9.17, 15) is 4.79 Å². The molecule has 2 fully saturated rings. The third kappa shape index (κ3) is 2.26. The van der Waals surface area contributed by atoms with Crippen LogP contribution < -0.4 is 0 Å². The number of nitrogens with zero attached hydrogens (tertiary/aromatic N) is 1. The lowest BCUT2D eigenvalue weighted by molar-refractivity contribution is -0.158. The molecule has 5 heteroatoms. The van der Waals surface area contributed by atoms with Gasteiger partial charge in [-0.05, 0) is 19.8 Å². The monoisotopic (exact) mass is 291 g/mol. The van der Waals surface area contributed by atoms with Gasteiger partial charge in [-0.3, -0.25) is 4.79 Å². The number of halogens is 1. The summed E-state index contributed by atoms with van der Waals surface area (Å²) in [5.41, 5.74) is -0.599. The van der Waals surface area contributed by atoms with Gasteiger partial charge in [-0.2, -0.15) is 0 Å².